The Labute approximate surface area is 175 Å². The van der Waals surface area contributed by atoms with Gasteiger partial charge in [-0.3, -0.25) is 19.7 Å². The number of carbonyl (C=O) groups excluding carboxylic acids is 3. The number of likely N-dealkylation sites (tertiary alicyclic amines) is 2. The van der Waals surface area contributed by atoms with Gasteiger partial charge in [-0.15, -0.1) is 0 Å². The second-order valence-corrected chi connectivity index (χ2v) is 8.04. The number of nitrogens with zero attached hydrogens (tertiary/aromatic N) is 3. The van der Waals surface area contributed by atoms with Gasteiger partial charge in [0.05, 0.1) is 5.92 Å². The highest BCUT2D eigenvalue weighted by atomic mass is 16.3. The molecule has 0 aromatic heterocycles. The van der Waals surface area contributed by atoms with Crippen molar-refractivity contribution in [3.63, 3.8) is 0 Å². The van der Waals surface area contributed by atoms with Crippen LogP contribution in [0.3, 0.4) is 0 Å². The van der Waals surface area contributed by atoms with Crippen LogP contribution in [0.1, 0.15) is 24.8 Å². The van der Waals surface area contributed by atoms with Crippen molar-refractivity contribution >= 4 is 24.3 Å². The van der Waals surface area contributed by atoms with Crippen LogP contribution < -0.4 is 5.32 Å². The zero-order valence-electron chi connectivity index (χ0n) is 17.1. The average Bonchev–Trinajstić information content (AvgIpc) is 3.27. The first-order chi connectivity index (χ1) is 14.4. The molecule has 3 aliphatic heterocycles. The number of carbonyl (C=O) groups is 4. The average molecular weight is 416 g/mol. The van der Waals surface area contributed by atoms with E-state index >= 15 is 0 Å². The van der Waals surface area contributed by atoms with Crippen molar-refractivity contribution in [1.29, 1.82) is 0 Å². The van der Waals surface area contributed by atoms with Gasteiger partial charge in [0.15, 0.2) is 0 Å². The number of piperidine rings is 1. The summed E-state index contributed by atoms with van der Waals surface area (Å²) in [4.78, 5) is 52.0. The summed E-state index contributed by atoms with van der Waals surface area (Å²) in [5.41, 5.74) is 0.158. The van der Waals surface area contributed by atoms with Crippen LogP contribution in [0.25, 0.3) is 0 Å². The van der Waals surface area contributed by atoms with E-state index in [-0.39, 0.29) is 30.2 Å². The normalized spacial score (nSPS) is 23.2. The molecule has 1 spiro atoms. The van der Waals surface area contributed by atoms with E-state index in [1.54, 1.807) is 4.90 Å². The maximum atomic E-state index is 12.8. The van der Waals surface area contributed by atoms with Gasteiger partial charge in [0, 0.05) is 26.2 Å². The van der Waals surface area contributed by atoms with Crippen molar-refractivity contribution < 1.29 is 24.3 Å². The molecule has 1 atom stereocenters. The molecule has 4 amide bonds. The number of hydrogen-bond acceptors (Lipinski definition) is 5. The molecular weight excluding hydrogens is 388 g/mol. The number of urea groups is 1. The van der Waals surface area contributed by atoms with Gasteiger partial charge in [0.2, 0.25) is 5.91 Å². The SMILES string of the molecule is CN1CCC(C(=O)N2CCC3(CC2)C(=O)NC(=O)N3Cc2ccccc2)C1.O=CO. The molecule has 162 valence electrons. The first kappa shape index (κ1) is 21.8. The van der Waals surface area contributed by atoms with E-state index in [0.29, 0.717) is 32.5 Å². The van der Waals surface area contributed by atoms with Gasteiger partial charge in [0.25, 0.3) is 12.4 Å². The second kappa shape index (κ2) is 9.25. The third-order valence-corrected chi connectivity index (χ3v) is 6.23. The zero-order valence-corrected chi connectivity index (χ0v) is 17.1. The highest BCUT2D eigenvalue weighted by Crippen LogP contribution is 2.35. The number of nitrogens with one attached hydrogen (secondary N) is 1. The minimum Gasteiger partial charge on any atom is -0.483 e. The van der Waals surface area contributed by atoms with Crippen LogP contribution in [0, 0.1) is 5.92 Å². The number of hydrogen-bond donors (Lipinski definition) is 2. The van der Waals surface area contributed by atoms with Gasteiger partial charge < -0.3 is 19.8 Å². The predicted molar refractivity (Wildman–Crippen MR) is 108 cm³/mol. The summed E-state index contributed by atoms with van der Waals surface area (Å²) < 4.78 is 0. The molecule has 0 bridgehead atoms. The molecule has 4 rings (SSSR count). The lowest BCUT2D eigenvalue weighted by atomic mass is 9.85. The van der Waals surface area contributed by atoms with E-state index < -0.39 is 5.54 Å². The Bertz CT molecular complexity index is 792. The summed E-state index contributed by atoms with van der Waals surface area (Å²) in [6.07, 6.45) is 1.88. The maximum Gasteiger partial charge on any atom is 0.325 e. The first-order valence-corrected chi connectivity index (χ1v) is 10.1. The monoisotopic (exact) mass is 416 g/mol. The van der Waals surface area contributed by atoms with E-state index in [1.807, 2.05) is 42.3 Å². The number of benzene rings is 1. The fourth-order valence-electron chi connectivity index (χ4n) is 4.58. The molecular formula is C21H28N4O5. The van der Waals surface area contributed by atoms with Gasteiger partial charge in [0.1, 0.15) is 5.54 Å². The van der Waals surface area contributed by atoms with Crippen LogP contribution in [0.5, 0.6) is 0 Å². The third-order valence-electron chi connectivity index (χ3n) is 6.23. The van der Waals surface area contributed by atoms with Crippen molar-refractivity contribution in [3.05, 3.63) is 35.9 Å². The highest BCUT2D eigenvalue weighted by Gasteiger charge is 2.54. The summed E-state index contributed by atoms with van der Waals surface area (Å²) in [7, 11) is 2.04. The Morgan fingerprint density at radius 2 is 1.83 bits per heavy atom. The smallest absolute Gasteiger partial charge is 0.325 e. The van der Waals surface area contributed by atoms with Crippen LogP contribution in [0.4, 0.5) is 4.79 Å². The third kappa shape index (κ3) is 4.30. The summed E-state index contributed by atoms with van der Waals surface area (Å²) in [5, 5.41) is 9.38. The molecule has 30 heavy (non-hydrogen) atoms. The van der Waals surface area contributed by atoms with E-state index in [0.717, 1.165) is 25.1 Å². The molecule has 9 nitrogen and oxygen atoms in total. The summed E-state index contributed by atoms with van der Waals surface area (Å²) in [5.74, 6) is 0.0215. The van der Waals surface area contributed by atoms with Crippen LogP contribution in [0.2, 0.25) is 0 Å². The molecule has 3 aliphatic rings. The maximum absolute atomic E-state index is 12.8. The molecule has 1 aromatic rings. The molecule has 3 saturated heterocycles. The van der Waals surface area contributed by atoms with E-state index in [4.69, 9.17) is 9.90 Å². The molecule has 3 heterocycles. The van der Waals surface area contributed by atoms with E-state index in [9.17, 15) is 14.4 Å². The Kier molecular flexibility index (Phi) is 6.71. The quantitative estimate of drug-likeness (QED) is 0.556. The Hall–Kier alpha value is -2.94. The lowest BCUT2D eigenvalue weighted by Gasteiger charge is -2.42. The van der Waals surface area contributed by atoms with Gasteiger partial charge >= 0.3 is 6.03 Å². The minimum atomic E-state index is -0.837. The highest BCUT2D eigenvalue weighted by molar-refractivity contribution is 6.07. The van der Waals surface area contributed by atoms with Crippen molar-refractivity contribution in [1.82, 2.24) is 20.0 Å². The van der Waals surface area contributed by atoms with Crippen LogP contribution in [-0.4, -0.2) is 82.9 Å². The number of amides is 4. The molecule has 0 radical (unpaired) electrons. The number of rotatable bonds is 3. The summed E-state index contributed by atoms with van der Waals surface area (Å²) in [6.45, 7) is 2.95. The molecule has 2 N–H and O–H groups in total. The van der Waals surface area contributed by atoms with Gasteiger partial charge in [-0.25, -0.2) is 4.79 Å². The Morgan fingerprint density at radius 1 is 1.20 bits per heavy atom. The van der Waals surface area contributed by atoms with Crippen molar-refractivity contribution in [3.8, 4) is 0 Å². The predicted octanol–water partition coefficient (Wildman–Crippen LogP) is 0.752. The van der Waals surface area contributed by atoms with Gasteiger partial charge in [-0.05, 0) is 38.4 Å². The molecule has 9 heteroatoms. The topological polar surface area (TPSA) is 110 Å². The molecule has 3 fully saturated rings. The molecule has 0 saturated carbocycles. The van der Waals surface area contributed by atoms with Gasteiger partial charge in [-0.2, -0.15) is 0 Å². The zero-order chi connectivity index (χ0) is 21.7. The Morgan fingerprint density at radius 3 is 2.40 bits per heavy atom. The fraction of sp³-hybridized carbons (Fsp3) is 0.524. The van der Waals surface area contributed by atoms with Crippen molar-refractivity contribution in [2.75, 3.05) is 33.2 Å². The second-order valence-electron chi connectivity index (χ2n) is 8.04. The Balaban J connectivity index is 0.000000806. The minimum absolute atomic E-state index is 0.0588. The lowest BCUT2D eigenvalue weighted by Crippen LogP contribution is -2.57. The standard InChI is InChI=1S/C20H26N4O3.CH2O2/c1-22-10-7-16(14-22)17(25)23-11-8-20(9-12-23)18(26)21-19(27)24(20)13-15-5-3-2-4-6-15;2-1-3/h2-6,16H,7-14H2,1H3,(H,21,26,27);1H,(H,2,3). The number of carboxylic acid groups (broad SMARTS) is 1. The fourth-order valence-corrected chi connectivity index (χ4v) is 4.58. The number of imide groups is 1. The van der Waals surface area contributed by atoms with E-state index in [2.05, 4.69) is 10.2 Å². The first-order valence-electron chi connectivity index (χ1n) is 10.1. The molecule has 1 aromatic carbocycles. The van der Waals surface area contributed by atoms with E-state index in [1.165, 1.54) is 0 Å². The molecule has 0 aliphatic carbocycles. The summed E-state index contributed by atoms with van der Waals surface area (Å²) in [6, 6.07) is 9.37. The molecule has 1 unspecified atom stereocenters. The van der Waals surface area contributed by atoms with Crippen LogP contribution >= 0.6 is 0 Å². The van der Waals surface area contributed by atoms with Crippen LogP contribution in [-0.2, 0) is 20.9 Å². The largest absolute Gasteiger partial charge is 0.483 e. The van der Waals surface area contributed by atoms with Crippen molar-refractivity contribution in [2.45, 2.75) is 31.3 Å². The van der Waals surface area contributed by atoms with Crippen LogP contribution in [0.15, 0.2) is 30.3 Å². The summed E-state index contributed by atoms with van der Waals surface area (Å²) >= 11 is 0. The lowest BCUT2D eigenvalue weighted by molar-refractivity contribution is -0.141. The van der Waals surface area contributed by atoms with Crippen molar-refractivity contribution in [2.24, 2.45) is 5.92 Å². The van der Waals surface area contributed by atoms with Gasteiger partial charge in [-0.1, -0.05) is 30.3 Å².